The topological polar surface area (TPSA) is 98.3 Å². The van der Waals surface area contributed by atoms with Crippen molar-refractivity contribution in [1.29, 1.82) is 0 Å². The van der Waals surface area contributed by atoms with Crippen molar-refractivity contribution in [2.45, 2.75) is 6.92 Å². The summed E-state index contributed by atoms with van der Waals surface area (Å²) in [5.41, 5.74) is -2.10. The molecule has 2 aromatic rings. The molecule has 0 fully saturated rings. The van der Waals surface area contributed by atoms with Crippen molar-refractivity contribution in [3.63, 3.8) is 0 Å². The second kappa shape index (κ2) is 4.68. The zero-order chi connectivity index (χ0) is 15.0. The third-order valence-electron chi connectivity index (χ3n) is 2.55. The van der Waals surface area contributed by atoms with E-state index in [2.05, 4.69) is 5.10 Å². The lowest BCUT2D eigenvalue weighted by molar-refractivity contribution is -0.385. The van der Waals surface area contributed by atoms with E-state index in [4.69, 9.17) is 5.11 Å². The Bertz CT molecular complexity index is 727. The predicted molar refractivity (Wildman–Crippen MR) is 61.8 cm³/mol. The van der Waals surface area contributed by atoms with Crippen molar-refractivity contribution >= 4 is 11.7 Å². The van der Waals surface area contributed by atoms with Crippen LogP contribution < -0.4 is 0 Å². The fourth-order valence-electron chi connectivity index (χ4n) is 1.76. The monoisotopic (exact) mass is 283 g/mol. The molecule has 0 unspecified atom stereocenters. The molecule has 0 amide bonds. The van der Waals surface area contributed by atoms with Crippen LogP contribution >= 0.6 is 0 Å². The Morgan fingerprint density at radius 2 is 2.10 bits per heavy atom. The summed E-state index contributed by atoms with van der Waals surface area (Å²) in [7, 11) is 0. The molecule has 0 saturated carbocycles. The summed E-state index contributed by atoms with van der Waals surface area (Å²) >= 11 is 0. The summed E-state index contributed by atoms with van der Waals surface area (Å²) < 4.78 is 27.1. The van der Waals surface area contributed by atoms with Crippen LogP contribution in [0.4, 0.5) is 14.5 Å². The van der Waals surface area contributed by atoms with Crippen LogP contribution in [0.5, 0.6) is 0 Å². The lowest BCUT2D eigenvalue weighted by Gasteiger charge is -2.05. The second-order valence-corrected chi connectivity index (χ2v) is 3.85. The standard InChI is InChI=1S/C11H7F2N3O4/c1-5-9(16(19)20)10(11(17)18)15(14-5)8-3-2-6(12)4-7(8)13/h2-4H,1H3,(H,17,18). The van der Waals surface area contributed by atoms with Gasteiger partial charge in [0.1, 0.15) is 17.2 Å². The summed E-state index contributed by atoms with van der Waals surface area (Å²) in [5, 5.41) is 23.6. The number of hydrogen-bond donors (Lipinski definition) is 1. The third-order valence-corrected chi connectivity index (χ3v) is 2.55. The number of nitro groups is 1. The number of carbonyl (C=O) groups is 1. The van der Waals surface area contributed by atoms with Crippen LogP contribution in [-0.2, 0) is 0 Å². The van der Waals surface area contributed by atoms with Crippen LogP contribution in [0.2, 0.25) is 0 Å². The number of aryl methyl sites for hydroxylation is 1. The SMILES string of the molecule is Cc1nn(-c2ccc(F)cc2F)c(C(=O)O)c1[N+](=O)[O-]. The molecule has 0 saturated heterocycles. The average Bonchev–Trinajstić information content (AvgIpc) is 2.66. The molecule has 0 aliphatic heterocycles. The summed E-state index contributed by atoms with van der Waals surface area (Å²) in [4.78, 5) is 21.1. The number of nitrogens with zero attached hydrogens (tertiary/aromatic N) is 3. The Labute approximate surface area is 110 Å². The third kappa shape index (κ3) is 2.09. The molecular formula is C11H7F2N3O4. The Hall–Kier alpha value is -2.84. The van der Waals surface area contributed by atoms with Crippen molar-refractivity contribution in [3.8, 4) is 5.69 Å². The number of carboxylic acid groups (broad SMARTS) is 1. The highest BCUT2D eigenvalue weighted by Crippen LogP contribution is 2.27. The van der Waals surface area contributed by atoms with Crippen molar-refractivity contribution in [2.75, 3.05) is 0 Å². The zero-order valence-electron chi connectivity index (χ0n) is 10.0. The molecule has 1 N–H and O–H groups in total. The van der Waals surface area contributed by atoms with Gasteiger partial charge in [-0.1, -0.05) is 0 Å². The molecule has 104 valence electrons. The van der Waals surface area contributed by atoms with Gasteiger partial charge in [0, 0.05) is 6.07 Å². The minimum absolute atomic E-state index is 0.184. The molecule has 0 spiro atoms. The molecule has 9 heteroatoms. The van der Waals surface area contributed by atoms with Crippen molar-refractivity contribution < 1.29 is 23.6 Å². The molecule has 7 nitrogen and oxygen atoms in total. The number of carboxylic acids is 1. The summed E-state index contributed by atoms with van der Waals surface area (Å²) in [6.45, 7) is 1.22. The summed E-state index contributed by atoms with van der Waals surface area (Å²) in [6, 6.07) is 2.38. The molecular weight excluding hydrogens is 276 g/mol. The van der Waals surface area contributed by atoms with Gasteiger partial charge >= 0.3 is 11.7 Å². The summed E-state index contributed by atoms with van der Waals surface area (Å²) in [6.07, 6.45) is 0. The van der Waals surface area contributed by atoms with E-state index in [1.165, 1.54) is 6.92 Å². The molecule has 1 aromatic heterocycles. The molecule has 2 rings (SSSR count). The van der Waals surface area contributed by atoms with Gasteiger partial charge < -0.3 is 5.11 Å². The molecule has 1 aromatic carbocycles. The molecule has 20 heavy (non-hydrogen) atoms. The first-order valence-electron chi connectivity index (χ1n) is 5.25. The number of aromatic carboxylic acids is 1. The van der Waals surface area contributed by atoms with E-state index in [9.17, 15) is 23.7 Å². The van der Waals surface area contributed by atoms with Crippen molar-refractivity contribution in [1.82, 2.24) is 9.78 Å². The summed E-state index contributed by atoms with van der Waals surface area (Å²) in [5.74, 6) is -3.58. The Kier molecular flexibility index (Phi) is 3.18. The van der Waals surface area contributed by atoms with Gasteiger partial charge in [0.2, 0.25) is 5.69 Å². The Balaban J connectivity index is 2.78. The number of aromatic nitrogens is 2. The van der Waals surface area contributed by atoms with Crippen LogP contribution in [0, 0.1) is 28.7 Å². The number of rotatable bonds is 3. The van der Waals surface area contributed by atoms with Crippen LogP contribution in [0.3, 0.4) is 0 Å². The van der Waals surface area contributed by atoms with Crippen LogP contribution in [0.15, 0.2) is 18.2 Å². The number of hydrogen-bond acceptors (Lipinski definition) is 4. The first-order chi connectivity index (χ1) is 9.32. The lowest BCUT2D eigenvalue weighted by atomic mass is 10.2. The Morgan fingerprint density at radius 1 is 1.45 bits per heavy atom. The fourth-order valence-corrected chi connectivity index (χ4v) is 1.76. The van der Waals surface area contributed by atoms with Gasteiger partial charge in [-0.05, 0) is 19.1 Å². The highest BCUT2D eigenvalue weighted by atomic mass is 19.1. The van der Waals surface area contributed by atoms with Gasteiger partial charge in [-0.2, -0.15) is 5.10 Å². The molecule has 0 aliphatic carbocycles. The molecule has 0 aliphatic rings. The maximum absolute atomic E-state index is 13.7. The Morgan fingerprint density at radius 3 is 2.60 bits per heavy atom. The smallest absolute Gasteiger partial charge is 0.361 e. The van der Waals surface area contributed by atoms with E-state index in [0.29, 0.717) is 10.7 Å². The molecule has 0 bridgehead atoms. The highest BCUT2D eigenvalue weighted by molar-refractivity contribution is 5.91. The lowest BCUT2D eigenvalue weighted by Crippen LogP contribution is -2.11. The van der Waals surface area contributed by atoms with E-state index < -0.39 is 33.9 Å². The maximum Gasteiger partial charge on any atom is 0.361 e. The normalized spacial score (nSPS) is 10.6. The van der Waals surface area contributed by atoms with Crippen molar-refractivity contribution in [2.24, 2.45) is 0 Å². The van der Waals surface area contributed by atoms with E-state index >= 15 is 0 Å². The molecule has 1 heterocycles. The average molecular weight is 283 g/mol. The van der Waals surface area contributed by atoms with Gasteiger partial charge in [-0.3, -0.25) is 10.1 Å². The van der Waals surface area contributed by atoms with Crippen LogP contribution in [0.1, 0.15) is 16.2 Å². The van der Waals surface area contributed by atoms with Gasteiger partial charge in [-0.15, -0.1) is 0 Å². The predicted octanol–water partition coefficient (Wildman–Crippen LogP) is 2.07. The minimum atomic E-state index is -1.64. The van der Waals surface area contributed by atoms with E-state index in [0.717, 1.165) is 12.1 Å². The van der Waals surface area contributed by atoms with Gasteiger partial charge in [0.05, 0.1) is 4.92 Å². The molecule has 0 radical (unpaired) electrons. The van der Waals surface area contributed by atoms with E-state index in [1.807, 2.05) is 0 Å². The number of benzene rings is 1. The van der Waals surface area contributed by atoms with E-state index in [1.54, 1.807) is 0 Å². The second-order valence-electron chi connectivity index (χ2n) is 3.85. The maximum atomic E-state index is 13.7. The largest absolute Gasteiger partial charge is 0.476 e. The van der Waals surface area contributed by atoms with Crippen LogP contribution in [-0.4, -0.2) is 25.8 Å². The van der Waals surface area contributed by atoms with Gasteiger partial charge in [0.15, 0.2) is 5.82 Å². The van der Waals surface area contributed by atoms with E-state index in [-0.39, 0.29) is 11.4 Å². The quantitative estimate of drug-likeness (QED) is 0.686. The zero-order valence-corrected chi connectivity index (χ0v) is 10.0. The molecule has 0 atom stereocenters. The van der Waals surface area contributed by atoms with Crippen LogP contribution in [0.25, 0.3) is 5.69 Å². The van der Waals surface area contributed by atoms with Gasteiger partial charge in [-0.25, -0.2) is 18.3 Å². The number of halogens is 2. The minimum Gasteiger partial charge on any atom is -0.476 e. The van der Waals surface area contributed by atoms with Crippen molar-refractivity contribution in [3.05, 3.63) is 51.3 Å². The first kappa shape index (κ1) is 13.6. The first-order valence-corrected chi connectivity index (χ1v) is 5.25. The van der Waals surface area contributed by atoms with Gasteiger partial charge in [0.25, 0.3) is 0 Å². The fraction of sp³-hybridized carbons (Fsp3) is 0.0909. The highest BCUT2D eigenvalue weighted by Gasteiger charge is 2.31.